The van der Waals surface area contributed by atoms with Gasteiger partial charge in [-0.1, -0.05) is 12.1 Å². The Morgan fingerprint density at radius 2 is 1.82 bits per heavy atom. The van der Waals surface area contributed by atoms with Crippen molar-refractivity contribution >= 4 is 35.5 Å². The van der Waals surface area contributed by atoms with Crippen LogP contribution in [0.25, 0.3) is 0 Å². The summed E-state index contributed by atoms with van der Waals surface area (Å²) in [7, 11) is 0. The number of nitrogens with two attached hydrogens (primary N) is 1. The molecule has 10 nitrogen and oxygen atoms in total. The third-order valence-corrected chi connectivity index (χ3v) is 7.07. The molecule has 11 heteroatoms. The zero-order chi connectivity index (χ0) is 24.7. The highest BCUT2D eigenvalue weighted by atomic mass is 32.2. The summed E-state index contributed by atoms with van der Waals surface area (Å²) in [6.07, 6.45) is 0. The first-order valence-corrected chi connectivity index (χ1v) is 11.3. The normalized spacial score (nSPS) is 24.4. The quantitative estimate of drug-likeness (QED) is 0.309. The fraction of sp³-hybridized carbons (Fsp3) is 0.545. The lowest BCUT2D eigenvalue weighted by molar-refractivity contribution is -0.180. The lowest BCUT2D eigenvalue weighted by Crippen LogP contribution is -2.71. The van der Waals surface area contributed by atoms with Crippen molar-refractivity contribution in [1.29, 1.82) is 0 Å². The number of ether oxygens (including phenoxy) is 2. The second-order valence-electron chi connectivity index (χ2n) is 9.58. The highest BCUT2D eigenvalue weighted by molar-refractivity contribution is 8.01. The Bertz CT molecular complexity index is 958. The van der Waals surface area contributed by atoms with Crippen molar-refractivity contribution < 1.29 is 33.8 Å². The molecule has 0 spiro atoms. The average Bonchev–Trinajstić information content (AvgIpc) is 2.98. The highest BCUT2D eigenvalue weighted by Crippen LogP contribution is 2.51. The van der Waals surface area contributed by atoms with Crippen molar-refractivity contribution in [2.24, 2.45) is 11.1 Å². The van der Waals surface area contributed by atoms with Gasteiger partial charge in [-0.2, -0.15) is 0 Å². The van der Waals surface area contributed by atoms with E-state index in [9.17, 15) is 24.3 Å². The SMILES string of the molecule is CC(C)(C)C(=O)OCOC(=O)[C@@H]1N2C(=O)C(NC(=O)C(N)c3ccc(O)cc3)[C@H]2SC1(C)C. The lowest BCUT2D eigenvalue weighted by atomic mass is 9.95. The van der Waals surface area contributed by atoms with Crippen LogP contribution in [0, 0.1) is 5.41 Å². The van der Waals surface area contributed by atoms with Crippen molar-refractivity contribution in [3.8, 4) is 5.75 Å². The molecule has 1 aromatic carbocycles. The van der Waals surface area contributed by atoms with E-state index >= 15 is 0 Å². The molecule has 2 aliphatic heterocycles. The molecule has 0 bridgehead atoms. The first-order chi connectivity index (χ1) is 15.2. The van der Waals surface area contributed by atoms with Gasteiger partial charge in [0, 0.05) is 4.75 Å². The predicted octanol–water partition coefficient (Wildman–Crippen LogP) is 1.03. The van der Waals surface area contributed by atoms with E-state index in [4.69, 9.17) is 15.2 Å². The van der Waals surface area contributed by atoms with Crippen LogP contribution in [0.5, 0.6) is 5.75 Å². The maximum Gasteiger partial charge on any atom is 0.333 e. The summed E-state index contributed by atoms with van der Waals surface area (Å²) in [4.78, 5) is 51.4. The number of nitrogens with zero attached hydrogens (tertiary/aromatic N) is 1. The molecule has 2 saturated heterocycles. The Hall–Kier alpha value is -2.79. The number of fused-ring (bicyclic) bond motifs is 1. The van der Waals surface area contributed by atoms with Gasteiger partial charge in [0.2, 0.25) is 18.6 Å². The zero-order valence-corrected chi connectivity index (χ0v) is 20.0. The number of phenolic OH excluding ortho intramolecular Hbond substituents is 1. The summed E-state index contributed by atoms with van der Waals surface area (Å²) in [5, 5.41) is 11.6. The van der Waals surface area contributed by atoms with Gasteiger partial charge in [0.25, 0.3) is 0 Å². The largest absolute Gasteiger partial charge is 0.508 e. The average molecular weight is 480 g/mol. The van der Waals surface area contributed by atoms with Gasteiger partial charge in [0.1, 0.15) is 29.2 Å². The van der Waals surface area contributed by atoms with Crippen LogP contribution in [0.2, 0.25) is 0 Å². The Morgan fingerprint density at radius 1 is 1.21 bits per heavy atom. The summed E-state index contributed by atoms with van der Waals surface area (Å²) in [5.74, 6) is -2.11. The van der Waals surface area contributed by atoms with E-state index in [0.717, 1.165) is 0 Å². The van der Waals surface area contributed by atoms with Gasteiger partial charge in [-0.3, -0.25) is 14.4 Å². The van der Waals surface area contributed by atoms with Crippen LogP contribution in [-0.2, 0) is 28.7 Å². The van der Waals surface area contributed by atoms with Crippen LogP contribution in [0.15, 0.2) is 24.3 Å². The minimum atomic E-state index is -1.02. The van der Waals surface area contributed by atoms with Gasteiger partial charge < -0.3 is 30.5 Å². The zero-order valence-electron chi connectivity index (χ0n) is 19.2. The number of esters is 2. The molecule has 0 aliphatic carbocycles. The van der Waals surface area contributed by atoms with Gasteiger partial charge in [-0.25, -0.2) is 4.79 Å². The minimum Gasteiger partial charge on any atom is -0.508 e. The number of hydrogen-bond acceptors (Lipinski definition) is 9. The molecule has 4 N–H and O–H groups in total. The minimum absolute atomic E-state index is 0.0480. The maximum atomic E-state index is 12.8. The summed E-state index contributed by atoms with van der Waals surface area (Å²) < 4.78 is 9.43. The third kappa shape index (κ3) is 4.93. The topological polar surface area (TPSA) is 148 Å². The smallest absolute Gasteiger partial charge is 0.333 e. The van der Waals surface area contributed by atoms with E-state index in [-0.39, 0.29) is 5.75 Å². The molecule has 0 radical (unpaired) electrons. The number of β-lactam (4-membered cyclic amide) rings is 1. The number of hydrogen-bond donors (Lipinski definition) is 3. The third-order valence-electron chi connectivity index (χ3n) is 5.50. The number of carbonyl (C=O) groups is 4. The molecular weight excluding hydrogens is 450 g/mol. The van der Waals surface area contributed by atoms with E-state index in [1.54, 1.807) is 34.6 Å². The van der Waals surface area contributed by atoms with E-state index in [1.165, 1.54) is 40.9 Å². The number of benzene rings is 1. The molecule has 2 unspecified atom stereocenters. The van der Waals surface area contributed by atoms with Crippen LogP contribution in [0.4, 0.5) is 0 Å². The second-order valence-corrected chi connectivity index (χ2v) is 11.3. The molecule has 2 fully saturated rings. The van der Waals surface area contributed by atoms with Crippen molar-refractivity contribution in [3.63, 3.8) is 0 Å². The molecule has 2 amide bonds. The van der Waals surface area contributed by atoms with Gasteiger partial charge in [0.15, 0.2) is 0 Å². The molecule has 33 heavy (non-hydrogen) atoms. The van der Waals surface area contributed by atoms with Gasteiger partial charge in [-0.05, 0) is 52.3 Å². The van der Waals surface area contributed by atoms with Crippen LogP contribution < -0.4 is 11.1 Å². The summed E-state index contributed by atoms with van der Waals surface area (Å²) in [6.45, 7) is 8.10. The highest BCUT2D eigenvalue weighted by Gasteiger charge is 2.64. The van der Waals surface area contributed by atoms with Crippen molar-refractivity contribution in [1.82, 2.24) is 10.2 Å². The molecule has 1 aromatic rings. The molecule has 180 valence electrons. The van der Waals surface area contributed by atoms with E-state index in [0.29, 0.717) is 5.56 Å². The maximum absolute atomic E-state index is 12.8. The number of phenols is 1. The van der Waals surface area contributed by atoms with Crippen LogP contribution in [-0.4, -0.2) is 62.8 Å². The fourth-order valence-electron chi connectivity index (χ4n) is 3.64. The second kappa shape index (κ2) is 8.86. The molecule has 0 saturated carbocycles. The van der Waals surface area contributed by atoms with E-state index in [1.807, 2.05) is 0 Å². The Balaban J connectivity index is 1.61. The number of rotatable bonds is 6. The number of nitrogens with one attached hydrogen (secondary N) is 1. The number of thioether (sulfide) groups is 1. The van der Waals surface area contributed by atoms with Gasteiger partial charge >= 0.3 is 11.9 Å². The summed E-state index contributed by atoms with van der Waals surface area (Å²) >= 11 is 1.37. The van der Waals surface area contributed by atoms with Crippen molar-refractivity contribution in [3.05, 3.63) is 29.8 Å². The monoisotopic (exact) mass is 479 g/mol. The number of aromatic hydroxyl groups is 1. The summed E-state index contributed by atoms with van der Waals surface area (Å²) in [6, 6.07) is 3.14. The molecule has 0 aromatic heterocycles. The standard InChI is InChI=1S/C22H29N3O7S/c1-21(2,3)20(30)32-10-31-19(29)15-22(4,5)33-18-14(17(28)25(15)18)24-16(27)13(23)11-6-8-12(26)9-7-11/h6-9,13-15,18,26H,10,23H2,1-5H3,(H,24,27)/t13?,14?,15-,18+/m0/s1. The van der Waals surface area contributed by atoms with Crippen LogP contribution in [0.1, 0.15) is 46.2 Å². The molecule has 2 aliphatic rings. The Kier molecular flexibility index (Phi) is 6.67. The Morgan fingerprint density at radius 3 is 2.39 bits per heavy atom. The summed E-state index contributed by atoms with van der Waals surface area (Å²) in [5.41, 5.74) is 5.75. The van der Waals surface area contributed by atoms with Crippen molar-refractivity contribution in [2.45, 2.75) is 62.9 Å². The predicted molar refractivity (Wildman–Crippen MR) is 120 cm³/mol. The van der Waals surface area contributed by atoms with E-state index < -0.39 is 64.2 Å². The molecule has 3 rings (SSSR count). The van der Waals surface area contributed by atoms with E-state index in [2.05, 4.69) is 5.32 Å². The fourth-order valence-corrected chi connectivity index (χ4v) is 5.26. The first kappa shape index (κ1) is 24.8. The number of carbonyl (C=O) groups excluding carboxylic acids is 4. The van der Waals surface area contributed by atoms with Gasteiger partial charge in [0.05, 0.1) is 5.41 Å². The van der Waals surface area contributed by atoms with Crippen LogP contribution in [0.3, 0.4) is 0 Å². The van der Waals surface area contributed by atoms with Crippen LogP contribution >= 0.6 is 11.8 Å². The lowest BCUT2D eigenvalue weighted by Gasteiger charge is -2.44. The van der Waals surface area contributed by atoms with Gasteiger partial charge in [-0.15, -0.1) is 11.8 Å². The molecule has 4 atom stereocenters. The molecule has 2 heterocycles. The Labute approximate surface area is 196 Å². The van der Waals surface area contributed by atoms with Crippen molar-refractivity contribution in [2.75, 3.05) is 6.79 Å². The molecular formula is C22H29N3O7S. The first-order valence-electron chi connectivity index (χ1n) is 10.4. The number of amides is 2.